The molecule has 0 spiro atoms. The number of benzene rings is 1. The van der Waals surface area contributed by atoms with E-state index in [2.05, 4.69) is 15.4 Å². The highest BCUT2D eigenvalue weighted by Crippen LogP contribution is 2.46. The number of carbonyl (C=O) groups excluding carboxylic acids is 2. The largest absolute Gasteiger partial charge is 0.456 e. The van der Waals surface area contributed by atoms with Crippen molar-refractivity contribution < 1.29 is 23.8 Å². The van der Waals surface area contributed by atoms with Crippen molar-refractivity contribution in [1.29, 1.82) is 0 Å². The Hall–Kier alpha value is -2.29. The Balaban J connectivity index is 1.91. The van der Waals surface area contributed by atoms with Gasteiger partial charge in [0, 0.05) is 11.7 Å². The molecule has 9 heteroatoms. The molecule has 168 valence electrons. The van der Waals surface area contributed by atoms with Crippen molar-refractivity contribution >= 4 is 41.1 Å². The Morgan fingerprint density at radius 3 is 2.74 bits per heavy atom. The molecule has 0 atom stereocenters. The molecule has 0 saturated carbocycles. The molecule has 7 nitrogen and oxygen atoms in total. The zero-order valence-electron chi connectivity index (χ0n) is 17.8. The quantitative estimate of drug-likeness (QED) is 0.252. The van der Waals surface area contributed by atoms with Crippen LogP contribution in [0.25, 0.3) is 10.4 Å². The van der Waals surface area contributed by atoms with Gasteiger partial charge in [0.25, 0.3) is 6.47 Å². The number of piperidine rings is 1. The number of nitrogens with one attached hydrogen (secondary N) is 2. The van der Waals surface area contributed by atoms with Crippen LogP contribution in [0.15, 0.2) is 24.3 Å². The number of thiophene rings is 1. The van der Waals surface area contributed by atoms with Crippen molar-refractivity contribution in [2.75, 3.05) is 25.2 Å². The van der Waals surface area contributed by atoms with Crippen LogP contribution in [0, 0.1) is 0 Å². The average molecular weight is 467 g/mol. The Kier molecular flexibility index (Phi) is 7.80. The molecule has 2 N–H and O–H groups in total. The minimum absolute atomic E-state index is 0.148. The molecule has 1 aliphatic heterocycles. The molecule has 3 rings (SSSR count). The second-order valence-electron chi connectivity index (χ2n) is 8.18. The number of ether oxygens (including phenoxy) is 3. The van der Waals surface area contributed by atoms with Gasteiger partial charge in [0.15, 0.2) is 10.6 Å². The summed E-state index contributed by atoms with van der Waals surface area (Å²) in [5.74, 6) is -0.398. The molecule has 0 amide bonds. The van der Waals surface area contributed by atoms with Gasteiger partial charge in [-0.25, -0.2) is 4.79 Å². The summed E-state index contributed by atoms with van der Waals surface area (Å²) in [6.07, 6.45) is 2.11. The van der Waals surface area contributed by atoms with Crippen LogP contribution in [0.3, 0.4) is 0 Å². The van der Waals surface area contributed by atoms with Crippen molar-refractivity contribution in [3.8, 4) is 16.2 Å². The lowest BCUT2D eigenvalue weighted by Crippen LogP contribution is -2.35. The van der Waals surface area contributed by atoms with Gasteiger partial charge in [0.1, 0.15) is 10.6 Å². The molecular formula is C22H27ClN2O5S. The fraction of sp³-hybridized carbons (Fsp3) is 0.455. The lowest BCUT2D eigenvalue weighted by atomic mass is 10.1. The number of rotatable bonds is 8. The van der Waals surface area contributed by atoms with E-state index >= 15 is 0 Å². The van der Waals surface area contributed by atoms with Gasteiger partial charge in [-0.05, 0) is 64.4 Å². The number of anilines is 1. The summed E-state index contributed by atoms with van der Waals surface area (Å²) in [5, 5.41) is 7.20. The topological polar surface area (TPSA) is 85.9 Å². The molecule has 2 aromatic rings. The molecule has 1 saturated heterocycles. The minimum atomic E-state index is -0.678. The SMILES string of the molecule is CC(C)(C)OC(=O)c1sc(-c2cccc(NC3CCNCC3)c2)c(Cl)c1OCOC=O. The Morgan fingerprint density at radius 1 is 1.32 bits per heavy atom. The van der Waals surface area contributed by atoms with Crippen LogP contribution in [-0.2, 0) is 14.3 Å². The molecule has 0 bridgehead atoms. The number of hydrogen-bond donors (Lipinski definition) is 2. The monoisotopic (exact) mass is 466 g/mol. The van der Waals surface area contributed by atoms with Crippen LogP contribution in [-0.4, -0.2) is 44.0 Å². The molecule has 2 heterocycles. The maximum Gasteiger partial charge on any atom is 0.352 e. The summed E-state index contributed by atoms with van der Waals surface area (Å²) < 4.78 is 15.6. The van der Waals surface area contributed by atoms with E-state index in [4.69, 9.17) is 21.1 Å². The molecule has 31 heavy (non-hydrogen) atoms. The van der Waals surface area contributed by atoms with Crippen LogP contribution < -0.4 is 15.4 Å². The van der Waals surface area contributed by atoms with Crippen molar-refractivity contribution in [2.24, 2.45) is 0 Å². The van der Waals surface area contributed by atoms with E-state index in [-0.39, 0.29) is 28.9 Å². The van der Waals surface area contributed by atoms with Crippen LogP contribution in [0.1, 0.15) is 43.3 Å². The zero-order chi connectivity index (χ0) is 22.4. The van der Waals surface area contributed by atoms with Crippen LogP contribution in [0.4, 0.5) is 5.69 Å². The fourth-order valence-electron chi connectivity index (χ4n) is 3.24. The number of carbonyl (C=O) groups is 2. The fourth-order valence-corrected chi connectivity index (χ4v) is 4.68. The molecule has 0 unspecified atom stereocenters. The van der Waals surface area contributed by atoms with Crippen LogP contribution >= 0.6 is 22.9 Å². The molecule has 1 fully saturated rings. The normalized spacial score (nSPS) is 14.7. The predicted octanol–water partition coefficient (Wildman–Crippen LogP) is 4.70. The highest BCUT2D eigenvalue weighted by molar-refractivity contribution is 7.18. The second kappa shape index (κ2) is 10.3. The molecule has 1 aromatic carbocycles. The van der Waals surface area contributed by atoms with Gasteiger partial charge in [-0.3, -0.25) is 4.79 Å². The molecular weight excluding hydrogens is 440 g/mol. The Morgan fingerprint density at radius 2 is 2.06 bits per heavy atom. The standard InChI is InChI=1S/C22H27ClN2O5S/c1-22(2,3)30-21(27)20-18(29-13-28-12-26)17(23)19(31-20)14-5-4-6-16(11-14)25-15-7-9-24-10-8-15/h4-6,11-12,15,24-25H,7-10,13H2,1-3H3. The van der Waals surface area contributed by atoms with Gasteiger partial charge in [-0.15, -0.1) is 11.3 Å². The molecule has 0 radical (unpaired) electrons. The van der Waals surface area contributed by atoms with Gasteiger partial charge in [0.2, 0.25) is 6.79 Å². The van der Waals surface area contributed by atoms with E-state index in [0.29, 0.717) is 10.9 Å². The highest BCUT2D eigenvalue weighted by Gasteiger charge is 2.28. The number of hydrogen-bond acceptors (Lipinski definition) is 8. The van der Waals surface area contributed by atoms with Crippen molar-refractivity contribution in [1.82, 2.24) is 5.32 Å². The third-order valence-electron chi connectivity index (χ3n) is 4.57. The molecule has 1 aliphatic rings. The van der Waals surface area contributed by atoms with E-state index in [9.17, 15) is 9.59 Å². The van der Waals surface area contributed by atoms with E-state index in [1.54, 1.807) is 20.8 Å². The van der Waals surface area contributed by atoms with Gasteiger partial charge >= 0.3 is 5.97 Å². The maximum absolute atomic E-state index is 12.8. The van der Waals surface area contributed by atoms with Crippen molar-refractivity contribution in [3.63, 3.8) is 0 Å². The van der Waals surface area contributed by atoms with Gasteiger partial charge in [-0.2, -0.15) is 0 Å². The number of esters is 1. The molecule has 0 aliphatic carbocycles. The smallest absolute Gasteiger partial charge is 0.352 e. The first-order chi connectivity index (χ1) is 14.8. The van der Waals surface area contributed by atoms with Crippen LogP contribution in [0.5, 0.6) is 5.75 Å². The average Bonchev–Trinajstić information content (AvgIpc) is 3.05. The first-order valence-corrected chi connectivity index (χ1v) is 11.3. The lowest BCUT2D eigenvalue weighted by Gasteiger charge is -2.24. The Bertz CT molecular complexity index is 919. The van der Waals surface area contributed by atoms with E-state index in [0.717, 1.165) is 37.2 Å². The zero-order valence-corrected chi connectivity index (χ0v) is 19.4. The molecule has 1 aromatic heterocycles. The van der Waals surface area contributed by atoms with Gasteiger partial charge < -0.3 is 24.8 Å². The first-order valence-electron chi connectivity index (χ1n) is 10.1. The first kappa shape index (κ1) is 23.4. The summed E-state index contributed by atoms with van der Waals surface area (Å²) in [6, 6.07) is 8.29. The van der Waals surface area contributed by atoms with Gasteiger partial charge in [0.05, 0.1) is 4.88 Å². The maximum atomic E-state index is 12.8. The second-order valence-corrected chi connectivity index (χ2v) is 9.58. The van der Waals surface area contributed by atoms with E-state index in [1.165, 1.54) is 11.3 Å². The summed E-state index contributed by atoms with van der Waals surface area (Å²) in [6.45, 7) is 7.26. The van der Waals surface area contributed by atoms with Gasteiger partial charge in [-0.1, -0.05) is 23.7 Å². The lowest BCUT2D eigenvalue weighted by molar-refractivity contribution is -0.134. The third-order valence-corrected chi connectivity index (χ3v) is 6.24. The highest BCUT2D eigenvalue weighted by atomic mass is 35.5. The summed E-state index contributed by atoms with van der Waals surface area (Å²) in [5.41, 5.74) is 1.16. The summed E-state index contributed by atoms with van der Waals surface area (Å²) in [7, 11) is 0. The van der Waals surface area contributed by atoms with Crippen molar-refractivity contribution in [3.05, 3.63) is 34.2 Å². The predicted molar refractivity (Wildman–Crippen MR) is 122 cm³/mol. The van der Waals surface area contributed by atoms with Crippen LogP contribution in [0.2, 0.25) is 5.02 Å². The summed E-state index contributed by atoms with van der Waals surface area (Å²) in [4.78, 5) is 24.1. The van der Waals surface area contributed by atoms with Crippen molar-refractivity contribution in [2.45, 2.75) is 45.3 Å². The van der Waals surface area contributed by atoms with E-state index in [1.807, 2.05) is 24.3 Å². The third kappa shape index (κ3) is 6.35. The van der Waals surface area contributed by atoms with E-state index < -0.39 is 11.6 Å². The summed E-state index contributed by atoms with van der Waals surface area (Å²) >= 11 is 7.80. The number of halogens is 1. The minimum Gasteiger partial charge on any atom is -0.456 e. The Labute approximate surface area is 191 Å².